The molecule has 92 valence electrons. The third-order valence-electron chi connectivity index (χ3n) is 3.37. The summed E-state index contributed by atoms with van der Waals surface area (Å²) in [6.45, 7) is 3.71. The number of hydrogen-bond donors (Lipinski definition) is 1. The largest absolute Gasteiger partial charge is 0.491 e. The Labute approximate surface area is 111 Å². The van der Waals surface area contributed by atoms with Crippen LogP contribution in [0.3, 0.4) is 0 Å². The maximum atomic E-state index is 6.10. The Kier molecular flexibility index (Phi) is 3.07. The van der Waals surface area contributed by atoms with Gasteiger partial charge in [-0.15, -0.1) is 0 Å². The van der Waals surface area contributed by atoms with E-state index in [1.165, 1.54) is 0 Å². The molecule has 3 rings (SSSR count). The highest BCUT2D eigenvalue weighted by atomic mass is 35.5. The van der Waals surface area contributed by atoms with E-state index in [0.717, 1.165) is 44.1 Å². The molecule has 0 saturated carbocycles. The van der Waals surface area contributed by atoms with E-state index >= 15 is 0 Å². The predicted molar refractivity (Wildman–Crippen MR) is 70.6 cm³/mol. The quantitative estimate of drug-likeness (QED) is 0.786. The first kappa shape index (κ1) is 11.5. The number of nitrogens with one attached hydrogen (secondary N) is 1. The lowest BCUT2D eigenvalue weighted by Gasteiger charge is -2.36. The molecule has 1 atom stereocenters. The van der Waals surface area contributed by atoms with Gasteiger partial charge in [0.2, 0.25) is 0 Å². The summed E-state index contributed by atoms with van der Waals surface area (Å²) in [4.78, 5) is 2.38. The summed E-state index contributed by atoms with van der Waals surface area (Å²) in [5.41, 5.74) is 1.07. The normalized spacial score (nSPS) is 23.4. The van der Waals surface area contributed by atoms with E-state index in [0.29, 0.717) is 16.1 Å². The SMILES string of the molecule is Clc1cc2c(cc1Cl)N1CCNC[C@@H]1CCO2. The molecule has 1 aromatic rings. The lowest BCUT2D eigenvalue weighted by molar-refractivity contribution is 0.304. The third kappa shape index (κ3) is 2.07. The lowest BCUT2D eigenvalue weighted by atomic mass is 10.1. The summed E-state index contributed by atoms with van der Waals surface area (Å²) < 4.78 is 5.76. The fraction of sp³-hybridized carbons (Fsp3) is 0.500. The van der Waals surface area contributed by atoms with Gasteiger partial charge in [0, 0.05) is 38.2 Å². The molecule has 0 aliphatic carbocycles. The minimum Gasteiger partial charge on any atom is -0.491 e. The van der Waals surface area contributed by atoms with Crippen molar-refractivity contribution >= 4 is 28.9 Å². The van der Waals surface area contributed by atoms with Crippen LogP contribution >= 0.6 is 23.2 Å². The smallest absolute Gasteiger partial charge is 0.144 e. The highest BCUT2D eigenvalue weighted by Gasteiger charge is 2.28. The predicted octanol–water partition coefficient (Wildman–Crippen LogP) is 2.55. The van der Waals surface area contributed by atoms with Gasteiger partial charge in [-0.1, -0.05) is 23.2 Å². The molecule has 3 nitrogen and oxygen atoms in total. The van der Waals surface area contributed by atoms with Gasteiger partial charge in [0.05, 0.1) is 22.3 Å². The van der Waals surface area contributed by atoms with Gasteiger partial charge >= 0.3 is 0 Å². The second-order valence-corrected chi connectivity index (χ2v) is 5.24. The van der Waals surface area contributed by atoms with Gasteiger partial charge in [-0.25, -0.2) is 0 Å². The standard InChI is InChI=1S/C12H14Cl2N2O/c13-9-5-11-12(6-10(9)14)17-4-1-8-7-15-2-3-16(8)11/h5-6,8,15H,1-4,7H2/t8-/m0/s1. The molecule has 0 radical (unpaired) electrons. The van der Waals surface area contributed by atoms with E-state index in [1.54, 1.807) is 0 Å². The van der Waals surface area contributed by atoms with Gasteiger partial charge in [0.1, 0.15) is 5.75 Å². The number of halogens is 2. The van der Waals surface area contributed by atoms with Crippen molar-refractivity contribution < 1.29 is 4.74 Å². The number of rotatable bonds is 0. The monoisotopic (exact) mass is 272 g/mol. The summed E-state index contributed by atoms with van der Waals surface area (Å²) in [5.74, 6) is 0.851. The van der Waals surface area contributed by atoms with Crippen LogP contribution in [0.2, 0.25) is 10.0 Å². The van der Waals surface area contributed by atoms with Crippen LogP contribution in [0, 0.1) is 0 Å². The summed E-state index contributed by atoms with van der Waals surface area (Å²) in [5, 5.41) is 4.56. The molecule has 0 amide bonds. The fourth-order valence-corrected chi connectivity index (χ4v) is 2.81. The molecule has 1 N–H and O–H groups in total. The minimum atomic E-state index is 0.488. The van der Waals surface area contributed by atoms with Gasteiger partial charge in [-0.05, 0) is 6.07 Å². The average Bonchev–Trinajstić information content (AvgIpc) is 2.50. The van der Waals surface area contributed by atoms with E-state index in [4.69, 9.17) is 27.9 Å². The Balaban J connectivity index is 2.05. The van der Waals surface area contributed by atoms with Gasteiger partial charge in [-0.2, -0.15) is 0 Å². The fourth-order valence-electron chi connectivity index (χ4n) is 2.50. The topological polar surface area (TPSA) is 24.5 Å². The molecule has 17 heavy (non-hydrogen) atoms. The number of ether oxygens (including phenoxy) is 1. The van der Waals surface area contributed by atoms with Crippen molar-refractivity contribution in [2.45, 2.75) is 12.5 Å². The minimum absolute atomic E-state index is 0.488. The Bertz CT molecular complexity index is 439. The Hall–Kier alpha value is -0.640. The molecule has 1 fully saturated rings. The maximum absolute atomic E-state index is 6.10. The first-order chi connectivity index (χ1) is 8.25. The zero-order valence-corrected chi connectivity index (χ0v) is 10.9. The van der Waals surface area contributed by atoms with Crippen LogP contribution in [0.5, 0.6) is 5.75 Å². The first-order valence-corrected chi connectivity index (χ1v) is 6.60. The number of piperazine rings is 1. The van der Waals surface area contributed by atoms with Gasteiger partial charge in [-0.3, -0.25) is 0 Å². The van der Waals surface area contributed by atoms with Crippen molar-refractivity contribution in [3.8, 4) is 5.75 Å². The van der Waals surface area contributed by atoms with Crippen molar-refractivity contribution in [3.63, 3.8) is 0 Å². The molecule has 0 unspecified atom stereocenters. The van der Waals surface area contributed by atoms with Crippen LogP contribution in [0.1, 0.15) is 6.42 Å². The zero-order valence-electron chi connectivity index (χ0n) is 9.38. The first-order valence-electron chi connectivity index (χ1n) is 5.85. The number of anilines is 1. The van der Waals surface area contributed by atoms with Crippen LogP contribution in [-0.2, 0) is 0 Å². The van der Waals surface area contributed by atoms with E-state index in [2.05, 4.69) is 10.2 Å². The van der Waals surface area contributed by atoms with Crippen molar-refractivity contribution in [1.82, 2.24) is 5.32 Å². The average molecular weight is 273 g/mol. The van der Waals surface area contributed by atoms with Crippen molar-refractivity contribution in [2.24, 2.45) is 0 Å². The Morgan fingerprint density at radius 1 is 1.29 bits per heavy atom. The Morgan fingerprint density at radius 2 is 2.12 bits per heavy atom. The molecule has 1 saturated heterocycles. The zero-order chi connectivity index (χ0) is 11.8. The van der Waals surface area contributed by atoms with Crippen LogP contribution in [-0.4, -0.2) is 32.3 Å². The van der Waals surface area contributed by atoms with E-state index in [-0.39, 0.29) is 0 Å². The molecular weight excluding hydrogens is 259 g/mol. The van der Waals surface area contributed by atoms with Crippen LogP contribution in [0.25, 0.3) is 0 Å². The molecular formula is C12H14Cl2N2O. The summed E-state index contributed by atoms with van der Waals surface area (Å²) in [6, 6.07) is 4.23. The molecule has 0 aromatic heterocycles. The number of hydrogen-bond acceptors (Lipinski definition) is 3. The summed E-state index contributed by atoms with van der Waals surface area (Å²) in [7, 11) is 0. The molecule has 2 aliphatic heterocycles. The van der Waals surface area contributed by atoms with E-state index in [9.17, 15) is 0 Å². The van der Waals surface area contributed by atoms with Gasteiger partial charge in [0.15, 0.2) is 0 Å². The lowest BCUT2D eigenvalue weighted by Crippen LogP contribution is -2.51. The molecule has 5 heteroatoms. The van der Waals surface area contributed by atoms with Crippen LogP contribution in [0.4, 0.5) is 5.69 Å². The van der Waals surface area contributed by atoms with Crippen LogP contribution < -0.4 is 15.0 Å². The summed E-state index contributed by atoms with van der Waals surface area (Å²) in [6.07, 6.45) is 1.02. The van der Waals surface area contributed by atoms with E-state index < -0.39 is 0 Å². The summed E-state index contributed by atoms with van der Waals surface area (Å²) >= 11 is 12.1. The second kappa shape index (κ2) is 4.56. The third-order valence-corrected chi connectivity index (χ3v) is 4.09. The van der Waals surface area contributed by atoms with E-state index in [1.807, 2.05) is 12.1 Å². The molecule has 0 bridgehead atoms. The highest BCUT2D eigenvalue weighted by Crippen LogP contribution is 2.39. The van der Waals surface area contributed by atoms with Gasteiger partial charge < -0.3 is 15.0 Å². The maximum Gasteiger partial charge on any atom is 0.144 e. The molecule has 2 aliphatic rings. The van der Waals surface area contributed by atoms with Crippen molar-refractivity contribution in [3.05, 3.63) is 22.2 Å². The van der Waals surface area contributed by atoms with Crippen LogP contribution in [0.15, 0.2) is 12.1 Å². The number of nitrogens with zero attached hydrogens (tertiary/aromatic N) is 1. The number of fused-ring (bicyclic) bond motifs is 3. The molecule has 0 spiro atoms. The Morgan fingerprint density at radius 3 is 3.00 bits per heavy atom. The highest BCUT2D eigenvalue weighted by molar-refractivity contribution is 6.42. The molecule has 2 heterocycles. The van der Waals surface area contributed by atoms with Gasteiger partial charge in [0.25, 0.3) is 0 Å². The van der Waals surface area contributed by atoms with Crippen molar-refractivity contribution in [1.29, 1.82) is 0 Å². The van der Waals surface area contributed by atoms with Crippen molar-refractivity contribution in [2.75, 3.05) is 31.1 Å². The number of benzene rings is 1. The molecule has 1 aromatic carbocycles. The second-order valence-electron chi connectivity index (χ2n) is 4.42.